The van der Waals surface area contributed by atoms with Gasteiger partial charge in [0.25, 0.3) is 0 Å². The van der Waals surface area contributed by atoms with E-state index >= 15 is 0 Å². The van der Waals surface area contributed by atoms with E-state index in [1.54, 1.807) is 0 Å². The summed E-state index contributed by atoms with van der Waals surface area (Å²) in [4.78, 5) is 0. The molecule has 0 aliphatic carbocycles. The van der Waals surface area contributed by atoms with Gasteiger partial charge < -0.3 is 4.57 Å². The molecule has 1 aromatic heterocycles. The van der Waals surface area contributed by atoms with Crippen LogP contribution in [0.1, 0.15) is 23.7 Å². The Morgan fingerprint density at radius 3 is 2.43 bits per heavy atom. The Morgan fingerprint density at radius 1 is 1.00 bits per heavy atom. The van der Waals surface area contributed by atoms with Crippen LogP contribution in [0.15, 0.2) is 61.2 Å². The van der Waals surface area contributed by atoms with Gasteiger partial charge in [0.2, 0.25) is 0 Å². The third-order valence-corrected chi connectivity index (χ3v) is 3.84. The minimum absolute atomic E-state index is 1.14. The van der Waals surface area contributed by atoms with E-state index in [1.165, 1.54) is 27.7 Å². The molecule has 3 rings (SSSR count). The molecule has 3 aromatic rings. The number of hydrogen-bond acceptors (Lipinski definition) is 0. The van der Waals surface area contributed by atoms with Crippen molar-refractivity contribution in [1.82, 2.24) is 4.57 Å². The number of benzene rings is 2. The largest absolute Gasteiger partial charge is 0.309 e. The minimum atomic E-state index is 1.14. The Hall–Kier alpha value is -2.54. The molecule has 2 aromatic carbocycles. The average molecular weight is 273 g/mol. The molecule has 104 valence electrons. The van der Waals surface area contributed by atoms with E-state index in [9.17, 15) is 0 Å². The van der Waals surface area contributed by atoms with Gasteiger partial charge in [-0.2, -0.15) is 0 Å². The van der Waals surface area contributed by atoms with E-state index in [2.05, 4.69) is 78.8 Å². The summed E-state index contributed by atoms with van der Waals surface area (Å²) in [6, 6.07) is 17.0. The number of aromatic nitrogens is 1. The van der Waals surface area contributed by atoms with Gasteiger partial charge in [-0.05, 0) is 37.6 Å². The third-order valence-electron chi connectivity index (χ3n) is 3.84. The highest BCUT2D eigenvalue weighted by Crippen LogP contribution is 2.32. The predicted molar refractivity (Wildman–Crippen MR) is 92.8 cm³/mol. The Morgan fingerprint density at radius 2 is 1.71 bits per heavy atom. The van der Waals surface area contributed by atoms with Crippen LogP contribution < -0.4 is 0 Å². The number of rotatable bonds is 3. The van der Waals surface area contributed by atoms with Crippen LogP contribution in [-0.4, -0.2) is 4.57 Å². The summed E-state index contributed by atoms with van der Waals surface area (Å²) >= 11 is 0. The van der Waals surface area contributed by atoms with Gasteiger partial charge in [-0.15, -0.1) is 0 Å². The second-order valence-corrected chi connectivity index (χ2v) is 5.14. The first-order chi connectivity index (χ1) is 10.3. The fourth-order valence-corrected chi connectivity index (χ4v) is 2.90. The molecule has 0 atom stereocenters. The lowest BCUT2D eigenvalue weighted by atomic mass is 10.1. The maximum atomic E-state index is 4.03. The smallest absolute Gasteiger partial charge is 0.0541 e. The quantitative estimate of drug-likeness (QED) is 0.584. The van der Waals surface area contributed by atoms with Crippen molar-refractivity contribution in [3.8, 4) is 5.69 Å². The lowest BCUT2D eigenvalue weighted by molar-refractivity contribution is 1.08. The molecule has 0 spiro atoms. The standard InChI is InChI=1S/C20H19N/c1-4-10-16-17-12-7-9-14-20(17)21(18(16)5-2)19-13-8-6-11-15(19)3/h4-14H,2H2,1,3H3/b10-4-. The Labute approximate surface area is 125 Å². The molecule has 0 amide bonds. The molecule has 0 fully saturated rings. The summed E-state index contributed by atoms with van der Waals surface area (Å²) in [7, 11) is 0. The first-order valence-corrected chi connectivity index (χ1v) is 7.22. The summed E-state index contributed by atoms with van der Waals surface area (Å²) < 4.78 is 2.30. The minimum Gasteiger partial charge on any atom is -0.309 e. The van der Waals surface area contributed by atoms with Crippen LogP contribution >= 0.6 is 0 Å². The molecule has 0 radical (unpaired) electrons. The van der Waals surface area contributed by atoms with Crippen molar-refractivity contribution in [2.24, 2.45) is 0 Å². The highest BCUT2D eigenvalue weighted by Gasteiger charge is 2.14. The SMILES string of the molecule is C=Cc1c(/C=C\C)c2ccccc2n1-c1ccccc1C. The molecule has 0 aliphatic rings. The molecule has 0 bridgehead atoms. The van der Waals surface area contributed by atoms with Crippen molar-refractivity contribution in [3.05, 3.63) is 78.0 Å². The number of nitrogens with zero attached hydrogens (tertiary/aromatic N) is 1. The van der Waals surface area contributed by atoms with Gasteiger partial charge in [-0.1, -0.05) is 55.1 Å². The van der Waals surface area contributed by atoms with Crippen molar-refractivity contribution in [2.45, 2.75) is 13.8 Å². The summed E-state index contributed by atoms with van der Waals surface area (Å²) in [5.41, 5.74) is 6.05. The number of para-hydroxylation sites is 2. The Kier molecular flexibility index (Phi) is 3.49. The van der Waals surface area contributed by atoms with Gasteiger partial charge in [-0.3, -0.25) is 0 Å². The van der Waals surface area contributed by atoms with E-state index in [0.717, 1.165) is 5.69 Å². The maximum Gasteiger partial charge on any atom is 0.0541 e. The van der Waals surface area contributed by atoms with Gasteiger partial charge in [0.05, 0.1) is 11.2 Å². The first-order valence-electron chi connectivity index (χ1n) is 7.22. The molecule has 21 heavy (non-hydrogen) atoms. The van der Waals surface area contributed by atoms with Gasteiger partial charge >= 0.3 is 0 Å². The van der Waals surface area contributed by atoms with Gasteiger partial charge in [0.1, 0.15) is 0 Å². The molecule has 0 saturated carbocycles. The third kappa shape index (κ3) is 2.11. The lowest BCUT2D eigenvalue weighted by Crippen LogP contribution is -1.99. The monoisotopic (exact) mass is 273 g/mol. The van der Waals surface area contributed by atoms with Crippen molar-refractivity contribution in [3.63, 3.8) is 0 Å². The van der Waals surface area contributed by atoms with Gasteiger partial charge in [-0.25, -0.2) is 0 Å². The molecule has 1 heteroatoms. The number of aryl methyl sites for hydroxylation is 1. The summed E-state index contributed by atoms with van der Waals surface area (Å²) in [6.45, 7) is 8.22. The van der Waals surface area contributed by atoms with E-state index < -0.39 is 0 Å². The summed E-state index contributed by atoms with van der Waals surface area (Å²) in [6.07, 6.45) is 6.19. The molecule has 0 aliphatic heterocycles. The zero-order valence-corrected chi connectivity index (χ0v) is 12.5. The van der Waals surface area contributed by atoms with E-state index in [0.29, 0.717) is 0 Å². The lowest BCUT2D eigenvalue weighted by Gasteiger charge is -2.11. The number of fused-ring (bicyclic) bond motifs is 1. The van der Waals surface area contributed by atoms with Crippen LogP contribution in [0.5, 0.6) is 0 Å². The van der Waals surface area contributed by atoms with E-state index in [-0.39, 0.29) is 0 Å². The van der Waals surface area contributed by atoms with E-state index in [4.69, 9.17) is 0 Å². The maximum absolute atomic E-state index is 4.03. The van der Waals surface area contributed by atoms with Gasteiger partial charge in [0, 0.05) is 16.6 Å². The first kappa shape index (κ1) is 13.4. The topological polar surface area (TPSA) is 4.93 Å². The molecule has 0 unspecified atom stereocenters. The van der Waals surface area contributed by atoms with Crippen molar-refractivity contribution < 1.29 is 0 Å². The average Bonchev–Trinajstić information content (AvgIpc) is 2.82. The highest BCUT2D eigenvalue weighted by molar-refractivity contribution is 5.95. The molecule has 0 saturated heterocycles. The van der Waals surface area contributed by atoms with Crippen molar-refractivity contribution in [1.29, 1.82) is 0 Å². The predicted octanol–water partition coefficient (Wildman–Crippen LogP) is 5.62. The van der Waals surface area contributed by atoms with Crippen LogP contribution in [-0.2, 0) is 0 Å². The normalized spacial score (nSPS) is 11.3. The van der Waals surface area contributed by atoms with Crippen molar-refractivity contribution in [2.75, 3.05) is 0 Å². The van der Waals surface area contributed by atoms with Crippen LogP contribution in [0.3, 0.4) is 0 Å². The zero-order chi connectivity index (χ0) is 14.8. The summed E-state index contributed by atoms with van der Waals surface area (Å²) in [5.74, 6) is 0. The molecular formula is C20H19N. The Bertz CT molecular complexity index is 834. The van der Waals surface area contributed by atoms with Gasteiger partial charge in [0.15, 0.2) is 0 Å². The van der Waals surface area contributed by atoms with E-state index in [1.807, 2.05) is 13.0 Å². The van der Waals surface area contributed by atoms with Crippen LogP contribution in [0.25, 0.3) is 28.7 Å². The fraction of sp³-hybridized carbons (Fsp3) is 0.100. The van der Waals surface area contributed by atoms with Crippen LogP contribution in [0.2, 0.25) is 0 Å². The summed E-state index contributed by atoms with van der Waals surface area (Å²) in [5, 5.41) is 1.26. The molecule has 1 nitrogen and oxygen atoms in total. The molecule has 1 heterocycles. The molecule has 0 N–H and O–H groups in total. The second-order valence-electron chi connectivity index (χ2n) is 5.14. The highest BCUT2D eigenvalue weighted by atomic mass is 15.0. The Balaban J connectivity index is 2.47. The fourth-order valence-electron chi connectivity index (χ4n) is 2.90. The second kappa shape index (κ2) is 5.45. The van der Waals surface area contributed by atoms with Crippen LogP contribution in [0.4, 0.5) is 0 Å². The number of hydrogen-bond donors (Lipinski definition) is 0. The molecular weight excluding hydrogens is 254 g/mol. The number of allylic oxidation sites excluding steroid dienone is 1. The van der Waals surface area contributed by atoms with Crippen LogP contribution in [0, 0.1) is 6.92 Å². The zero-order valence-electron chi connectivity index (χ0n) is 12.5. The van der Waals surface area contributed by atoms with Crippen molar-refractivity contribution >= 4 is 23.1 Å².